The number of carbonyl (C=O) groups is 3. The van der Waals surface area contributed by atoms with Crippen molar-refractivity contribution >= 4 is 23.2 Å². The van der Waals surface area contributed by atoms with Gasteiger partial charge in [-0.2, -0.15) is 0 Å². The Morgan fingerprint density at radius 2 is 2.16 bits per heavy atom. The Morgan fingerprint density at radius 1 is 1.40 bits per heavy atom. The molecule has 2 aliphatic carbocycles. The number of allylic oxidation sites excluding steroid dienone is 1. The molecule has 6 heteroatoms. The highest BCUT2D eigenvalue weighted by Gasteiger charge is 2.55. The first-order valence-corrected chi connectivity index (χ1v) is 9.12. The summed E-state index contributed by atoms with van der Waals surface area (Å²) in [6.45, 7) is 6.40. The molecule has 5 unspecified atom stereocenters. The van der Waals surface area contributed by atoms with Gasteiger partial charge in [-0.15, -0.1) is 0 Å². The summed E-state index contributed by atoms with van der Waals surface area (Å²) in [5, 5.41) is 3.31. The Labute approximate surface area is 147 Å². The highest BCUT2D eigenvalue weighted by Crippen LogP contribution is 2.50. The van der Waals surface area contributed by atoms with Crippen molar-refractivity contribution in [3.8, 4) is 0 Å². The fourth-order valence-electron chi connectivity index (χ4n) is 5.05. The molecule has 25 heavy (non-hydrogen) atoms. The quantitative estimate of drug-likeness (QED) is 0.602. The molecule has 6 nitrogen and oxygen atoms in total. The lowest BCUT2D eigenvalue weighted by Crippen LogP contribution is -2.57. The molecular weight excluding hydrogens is 320 g/mol. The van der Waals surface area contributed by atoms with E-state index in [4.69, 9.17) is 9.73 Å². The summed E-state index contributed by atoms with van der Waals surface area (Å²) in [4.78, 5) is 42.4. The van der Waals surface area contributed by atoms with Crippen LogP contribution in [-0.4, -0.2) is 48.0 Å². The van der Waals surface area contributed by atoms with Crippen molar-refractivity contribution in [2.24, 2.45) is 22.7 Å². The molecule has 2 aliphatic heterocycles. The highest BCUT2D eigenvalue weighted by molar-refractivity contribution is 6.45. The first-order chi connectivity index (χ1) is 11.9. The first kappa shape index (κ1) is 16.6. The van der Waals surface area contributed by atoms with Gasteiger partial charge in [-0.3, -0.25) is 19.4 Å². The van der Waals surface area contributed by atoms with Gasteiger partial charge in [0, 0.05) is 29.2 Å². The molecule has 134 valence electrons. The molecule has 0 aromatic rings. The molecule has 1 N–H and O–H groups in total. The van der Waals surface area contributed by atoms with Crippen molar-refractivity contribution in [1.82, 2.24) is 5.32 Å². The normalized spacial score (nSPS) is 39.7. The minimum absolute atomic E-state index is 0.0112. The molecule has 4 aliphatic rings. The second-order valence-corrected chi connectivity index (χ2v) is 7.95. The van der Waals surface area contributed by atoms with E-state index in [0.717, 1.165) is 17.7 Å². The molecule has 0 radical (unpaired) electrons. The van der Waals surface area contributed by atoms with Crippen LogP contribution in [0.25, 0.3) is 0 Å². The molecule has 0 aromatic carbocycles. The average molecular weight is 344 g/mol. The molecule has 0 saturated heterocycles. The molecule has 0 aromatic heterocycles. The minimum Gasteiger partial charge on any atom is -0.466 e. The zero-order chi connectivity index (χ0) is 17.9. The number of carbonyl (C=O) groups excluding carboxylic acids is 3. The zero-order valence-electron chi connectivity index (χ0n) is 14.9. The number of ketones is 2. The largest absolute Gasteiger partial charge is 0.466 e. The van der Waals surface area contributed by atoms with E-state index >= 15 is 0 Å². The third-order valence-corrected chi connectivity index (χ3v) is 6.63. The number of Topliss-reactive ketones (excluding diaryl/α,β-unsaturated/α-hetero) is 2. The molecule has 1 saturated carbocycles. The van der Waals surface area contributed by atoms with Gasteiger partial charge in [-0.05, 0) is 32.6 Å². The maximum absolute atomic E-state index is 12.7. The maximum Gasteiger partial charge on any atom is 0.311 e. The predicted molar refractivity (Wildman–Crippen MR) is 91.3 cm³/mol. The second kappa shape index (κ2) is 5.59. The van der Waals surface area contributed by atoms with Crippen LogP contribution in [0.3, 0.4) is 0 Å². The van der Waals surface area contributed by atoms with Crippen LogP contribution in [0.2, 0.25) is 0 Å². The fraction of sp³-hybridized carbons (Fsp3) is 0.684. The number of nitrogens with one attached hydrogen (secondary N) is 1. The summed E-state index contributed by atoms with van der Waals surface area (Å²) < 4.78 is 5.35. The van der Waals surface area contributed by atoms with Crippen molar-refractivity contribution < 1.29 is 19.1 Å². The number of hydrogen-bond donors (Lipinski definition) is 1. The van der Waals surface area contributed by atoms with Gasteiger partial charge in [0.15, 0.2) is 0 Å². The number of hydrogen-bond acceptors (Lipinski definition) is 6. The van der Waals surface area contributed by atoms with Crippen molar-refractivity contribution in [1.29, 1.82) is 0 Å². The summed E-state index contributed by atoms with van der Waals surface area (Å²) >= 11 is 0. The van der Waals surface area contributed by atoms with E-state index in [9.17, 15) is 14.4 Å². The molecular formula is C19H24N2O4. The summed E-state index contributed by atoms with van der Waals surface area (Å²) in [7, 11) is 0. The van der Waals surface area contributed by atoms with Gasteiger partial charge in [0.25, 0.3) is 0 Å². The third kappa shape index (κ3) is 2.34. The zero-order valence-corrected chi connectivity index (χ0v) is 14.9. The lowest BCUT2D eigenvalue weighted by Gasteiger charge is -2.45. The van der Waals surface area contributed by atoms with Crippen LogP contribution in [0.1, 0.15) is 40.0 Å². The van der Waals surface area contributed by atoms with Crippen LogP contribution in [0.5, 0.6) is 0 Å². The molecule has 4 rings (SSSR count). The van der Waals surface area contributed by atoms with E-state index in [1.54, 1.807) is 0 Å². The van der Waals surface area contributed by atoms with Crippen LogP contribution in [0, 0.1) is 17.8 Å². The molecule has 1 fully saturated rings. The van der Waals surface area contributed by atoms with Crippen molar-refractivity contribution in [3.63, 3.8) is 0 Å². The Hall–Kier alpha value is -1.82. The summed E-state index contributed by atoms with van der Waals surface area (Å²) in [5.41, 5.74) is 2.19. The Bertz CT molecular complexity index is 738. The van der Waals surface area contributed by atoms with Crippen LogP contribution in [0.15, 0.2) is 16.1 Å². The number of ether oxygens (including phenoxy) is 1. The number of esters is 1. The van der Waals surface area contributed by atoms with Crippen molar-refractivity contribution in [2.45, 2.75) is 51.6 Å². The van der Waals surface area contributed by atoms with Gasteiger partial charge in [0.05, 0.1) is 25.1 Å². The SMILES string of the molecule is CCOC(=O)C1C2CC3=C4CC2=NC1C(C)C(C)(C3)NCC(=O)C4=O. The monoisotopic (exact) mass is 344 g/mol. The number of rotatable bonds is 2. The predicted octanol–water partition coefficient (Wildman–Crippen LogP) is 1.24. The van der Waals surface area contributed by atoms with Gasteiger partial charge in [0.1, 0.15) is 0 Å². The van der Waals surface area contributed by atoms with E-state index in [2.05, 4.69) is 19.2 Å². The van der Waals surface area contributed by atoms with E-state index in [1.807, 2.05) is 6.92 Å². The van der Waals surface area contributed by atoms with Crippen molar-refractivity contribution in [2.75, 3.05) is 13.2 Å². The fourth-order valence-corrected chi connectivity index (χ4v) is 5.05. The van der Waals surface area contributed by atoms with E-state index in [0.29, 0.717) is 25.0 Å². The van der Waals surface area contributed by atoms with Crippen LogP contribution in [-0.2, 0) is 19.1 Å². The van der Waals surface area contributed by atoms with E-state index < -0.39 is 0 Å². The van der Waals surface area contributed by atoms with Gasteiger partial charge in [0.2, 0.25) is 11.6 Å². The number of fused-ring (bicyclic) bond motifs is 2. The maximum atomic E-state index is 12.7. The lowest BCUT2D eigenvalue weighted by atomic mass is 9.63. The molecule has 4 bridgehead atoms. The molecule has 5 atom stereocenters. The third-order valence-electron chi connectivity index (χ3n) is 6.63. The lowest BCUT2D eigenvalue weighted by molar-refractivity contribution is -0.150. The Morgan fingerprint density at radius 3 is 2.88 bits per heavy atom. The molecule has 2 heterocycles. The van der Waals surface area contributed by atoms with Gasteiger partial charge in [-0.25, -0.2) is 0 Å². The minimum atomic E-state index is -0.378. The molecule has 0 amide bonds. The smallest absolute Gasteiger partial charge is 0.311 e. The highest BCUT2D eigenvalue weighted by atomic mass is 16.5. The average Bonchev–Trinajstić information content (AvgIpc) is 2.96. The second-order valence-electron chi connectivity index (χ2n) is 7.95. The summed E-state index contributed by atoms with van der Waals surface area (Å²) in [6, 6.07) is -0.166. The Kier molecular flexibility index (Phi) is 3.72. The van der Waals surface area contributed by atoms with Crippen molar-refractivity contribution in [3.05, 3.63) is 11.1 Å². The Balaban J connectivity index is 1.86. The van der Waals surface area contributed by atoms with Crippen LogP contribution < -0.4 is 5.32 Å². The number of nitrogens with zero attached hydrogens (tertiary/aromatic N) is 1. The standard InChI is InChI=1S/C19H24N2O4/c1-4-25-18(24)15-12-5-10-7-19(3)9(2)16(15)21-13(12)6-11(10)17(23)14(22)8-20-19/h9,12,15-16,20H,4-8H2,1-3H3. The summed E-state index contributed by atoms with van der Waals surface area (Å²) in [6.07, 6.45) is 1.78. The first-order valence-electron chi connectivity index (χ1n) is 9.12. The van der Waals surface area contributed by atoms with Gasteiger partial charge in [-0.1, -0.05) is 12.5 Å². The van der Waals surface area contributed by atoms with Crippen LogP contribution >= 0.6 is 0 Å². The summed E-state index contributed by atoms with van der Waals surface area (Å²) in [5.74, 6) is -1.15. The van der Waals surface area contributed by atoms with E-state index in [-0.39, 0.29) is 53.4 Å². The van der Waals surface area contributed by atoms with Crippen LogP contribution in [0.4, 0.5) is 0 Å². The number of aliphatic imine (C=N–C) groups is 1. The van der Waals surface area contributed by atoms with Gasteiger partial charge < -0.3 is 10.1 Å². The van der Waals surface area contributed by atoms with E-state index in [1.165, 1.54) is 0 Å². The van der Waals surface area contributed by atoms with Gasteiger partial charge >= 0.3 is 5.97 Å². The molecule has 0 spiro atoms. The topological polar surface area (TPSA) is 84.8 Å².